The number of nitrogens with two attached hydrogens (primary N) is 1. The molecule has 3 N–H and O–H groups in total. The third-order valence-electron chi connectivity index (χ3n) is 3.58. The van der Waals surface area contributed by atoms with Gasteiger partial charge in [0.1, 0.15) is 0 Å². The number of hydrogen-bond acceptors (Lipinski definition) is 2. The van der Waals surface area contributed by atoms with Crippen molar-refractivity contribution >= 4 is 11.6 Å². The fraction of sp³-hybridized carbons (Fsp3) is 0.533. The molecule has 3 heteroatoms. The fourth-order valence-electron chi connectivity index (χ4n) is 2.26. The van der Waals surface area contributed by atoms with Gasteiger partial charge in [-0.1, -0.05) is 26.8 Å². The molecular formula is C15H22N2O. The average molecular weight is 246 g/mol. The molecule has 98 valence electrons. The zero-order valence-corrected chi connectivity index (χ0v) is 11.4. The summed E-state index contributed by atoms with van der Waals surface area (Å²) in [4.78, 5) is 12.0. The first-order chi connectivity index (χ1) is 8.38. The van der Waals surface area contributed by atoms with Gasteiger partial charge in [0, 0.05) is 5.69 Å². The van der Waals surface area contributed by atoms with Crippen LogP contribution in [0, 0.1) is 5.41 Å². The van der Waals surface area contributed by atoms with Crippen LogP contribution in [0.2, 0.25) is 0 Å². The number of hydrogen-bond donors (Lipinski definition) is 2. The van der Waals surface area contributed by atoms with E-state index in [1.807, 2.05) is 26.8 Å². The lowest BCUT2D eigenvalue weighted by Gasteiger charge is -2.25. The lowest BCUT2D eigenvalue weighted by atomic mass is 9.87. The highest BCUT2D eigenvalue weighted by atomic mass is 16.2. The van der Waals surface area contributed by atoms with Gasteiger partial charge >= 0.3 is 0 Å². The highest BCUT2D eigenvalue weighted by Crippen LogP contribution is 2.25. The minimum absolute atomic E-state index is 0.111. The number of carbonyl (C=O) groups excluding carboxylic acids is 1. The van der Waals surface area contributed by atoms with Gasteiger partial charge in [0.2, 0.25) is 5.91 Å². The maximum absolute atomic E-state index is 12.0. The van der Waals surface area contributed by atoms with E-state index in [2.05, 4.69) is 17.4 Å². The van der Waals surface area contributed by atoms with Crippen LogP contribution < -0.4 is 11.1 Å². The Morgan fingerprint density at radius 2 is 1.94 bits per heavy atom. The molecule has 0 heterocycles. The molecule has 0 unspecified atom stereocenters. The number of aryl methyl sites for hydroxylation is 2. The Labute approximate surface area is 109 Å². The maximum Gasteiger partial charge on any atom is 0.241 e. The standard InChI is InChI=1S/C15H22N2O/c1-15(2,3)13(16)14(18)17-12-8-7-10-5-4-6-11(10)9-12/h7-9,13H,4-6,16H2,1-3H3,(H,17,18)/t13-/m1/s1. The van der Waals surface area contributed by atoms with Crippen LogP contribution in [0.1, 0.15) is 38.3 Å². The number of nitrogens with one attached hydrogen (secondary N) is 1. The normalized spacial score (nSPS) is 16.2. The molecule has 0 radical (unpaired) electrons. The molecule has 18 heavy (non-hydrogen) atoms. The predicted octanol–water partition coefficient (Wildman–Crippen LogP) is 2.49. The molecule has 1 aliphatic rings. The van der Waals surface area contributed by atoms with E-state index >= 15 is 0 Å². The Balaban J connectivity index is 2.08. The van der Waals surface area contributed by atoms with Gasteiger partial charge in [-0.25, -0.2) is 0 Å². The zero-order valence-electron chi connectivity index (χ0n) is 11.4. The molecule has 0 spiro atoms. The molecule has 0 bridgehead atoms. The summed E-state index contributed by atoms with van der Waals surface area (Å²) in [5.41, 5.74) is 9.35. The van der Waals surface area contributed by atoms with Gasteiger partial charge in [0.15, 0.2) is 0 Å². The van der Waals surface area contributed by atoms with Crippen LogP contribution in [0.4, 0.5) is 5.69 Å². The summed E-state index contributed by atoms with van der Waals surface area (Å²) in [7, 11) is 0. The van der Waals surface area contributed by atoms with Crippen molar-refractivity contribution in [3.05, 3.63) is 29.3 Å². The van der Waals surface area contributed by atoms with E-state index in [1.165, 1.54) is 17.5 Å². The first-order valence-electron chi connectivity index (χ1n) is 6.56. The number of amides is 1. The second kappa shape index (κ2) is 4.73. The molecule has 3 nitrogen and oxygen atoms in total. The van der Waals surface area contributed by atoms with Crippen molar-refractivity contribution in [1.82, 2.24) is 0 Å². The van der Waals surface area contributed by atoms with Gasteiger partial charge in [-0.05, 0) is 47.9 Å². The predicted molar refractivity (Wildman–Crippen MR) is 74.5 cm³/mol. The third kappa shape index (κ3) is 2.72. The van der Waals surface area contributed by atoms with Crippen molar-refractivity contribution in [2.45, 2.75) is 46.1 Å². The molecule has 0 fully saturated rings. The van der Waals surface area contributed by atoms with Crippen molar-refractivity contribution < 1.29 is 4.79 Å². The molecule has 0 saturated heterocycles. The largest absolute Gasteiger partial charge is 0.325 e. The third-order valence-corrected chi connectivity index (χ3v) is 3.58. The number of carbonyl (C=O) groups is 1. The Hall–Kier alpha value is -1.35. The summed E-state index contributed by atoms with van der Waals surface area (Å²) in [5.74, 6) is -0.111. The van der Waals surface area contributed by atoms with E-state index in [1.54, 1.807) is 0 Å². The van der Waals surface area contributed by atoms with Gasteiger partial charge in [-0.2, -0.15) is 0 Å². The van der Waals surface area contributed by atoms with Gasteiger partial charge in [0.25, 0.3) is 0 Å². The van der Waals surface area contributed by atoms with Gasteiger partial charge in [-0.3, -0.25) is 4.79 Å². The van der Waals surface area contributed by atoms with Crippen molar-refractivity contribution in [3.63, 3.8) is 0 Å². The topological polar surface area (TPSA) is 55.1 Å². The first-order valence-corrected chi connectivity index (χ1v) is 6.56. The van der Waals surface area contributed by atoms with Gasteiger partial charge < -0.3 is 11.1 Å². The minimum Gasteiger partial charge on any atom is -0.325 e. The zero-order chi connectivity index (χ0) is 13.3. The van der Waals surface area contributed by atoms with Crippen LogP contribution in [-0.4, -0.2) is 11.9 Å². The Morgan fingerprint density at radius 1 is 1.28 bits per heavy atom. The summed E-state index contributed by atoms with van der Waals surface area (Å²) in [6.45, 7) is 5.92. The van der Waals surface area contributed by atoms with E-state index in [0.717, 1.165) is 18.5 Å². The SMILES string of the molecule is CC(C)(C)[C@H](N)C(=O)Nc1ccc2c(c1)CCC2. The van der Waals surface area contributed by atoms with Crippen LogP contribution in [-0.2, 0) is 17.6 Å². The second-order valence-electron chi connectivity index (χ2n) is 6.17. The van der Waals surface area contributed by atoms with E-state index in [0.29, 0.717) is 0 Å². The molecule has 1 aromatic rings. The van der Waals surface area contributed by atoms with Crippen molar-refractivity contribution in [3.8, 4) is 0 Å². The Kier molecular flexibility index (Phi) is 3.44. The second-order valence-corrected chi connectivity index (χ2v) is 6.17. The molecule has 0 saturated carbocycles. The summed E-state index contributed by atoms with van der Waals surface area (Å²) in [6.07, 6.45) is 3.49. The molecule has 2 rings (SSSR count). The van der Waals surface area contributed by atoms with Gasteiger partial charge in [0.05, 0.1) is 6.04 Å². The average Bonchev–Trinajstić information content (AvgIpc) is 2.73. The lowest BCUT2D eigenvalue weighted by Crippen LogP contribution is -2.45. The number of benzene rings is 1. The highest BCUT2D eigenvalue weighted by Gasteiger charge is 2.27. The van der Waals surface area contributed by atoms with Crippen molar-refractivity contribution in [1.29, 1.82) is 0 Å². The molecule has 1 aromatic carbocycles. The first kappa shape index (κ1) is 13.1. The van der Waals surface area contributed by atoms with Crippen LogP contribution in [0.5, 0.6) is 0 Å². The molecule has 0 aliphatic heterocycles. The maximum atomic E-state index is 12.0. The van der Waals surface area contributed by atoms with Crippen LogP contribution >= 0.6 is 0 Å². The fourth-order valence-corrected chi connectivity index (χ4v) is 2.26. The summed E-state index contributed by atoms with van der Waals surface area (Å²) < 4.78 is 0. The lowest BCUT2D eigenvalue weighted by molar-refractivity contribution is -0.119. The smallest absolute Gasteiger partial charge is 0.241 e. The Bertz CT molecular complexity index is 460. The number of rotatable bonds is 2. The van der Waals surface area contributed by atoms with Crippen LogP contribution in [0.15, 0.2) is 18.2 Å². The van der Waals surface area contributed by atoms with Crippen molar-refractivity contribution in [2.75, 3.05) is 5.32 Å². The number of fused-ring (bicyclic) bond motifs is 1. The minimum atomic E-state index is -0.495. The van der Waals surface area contributed by atoms with E-state index in [9.17, 15) is 4.79 Å². The summed E-state index contributed by atoms with van der Waals surface area (Å²) in [6, 6.07) is 5.67. The molecule has 1 aliphatic carbocycles. The van der Waals surface area contributed by atoms with Crippen LogP contribution in [0.25, 0.3) is 0 Å². The summed E-state index contributed by atoms with van der Waals surface area (Å²) >= 11 is 0. The van der Waals surface area contributed by atoms with Gasteiger partial charge in [-0.15, -0.1) is 0 Å². The van der Waals surface area contributed by atoms with E-state index in [-0.39, 0.29) is 11.3 Å². The highest BCUT2D eigenvalue weighted by molar-refractivity contribution is 5.95. The molecule has 0 aromatic heterocycles. The molecule has 1 amide bonds. The van der Waals surface area contributed by atoms with Crippen molar-refractivity contribution in [2.24, 2.45) is 11.1 Å². The molecule has 1 atom stereocenters. The van der Waals surface area contributed by atoms with Crippen LogP contribution in [0.3, 0.4) is 0 Å². The number of anilines is 1. The summed E-state index contributed by atoms with van der Waals surface area (Å²) in [5, 5.41) is 2.91. The monoisotopic (exact) mass is 246 g/mol. The Morgan fingerprint density at radius 3 is 2.61 bits per heavy atom. The van der Waals surface area contributed by atoms with E-state index in [4.69, 9.17) is 5.73 Å². The molecular weight excluding hydrogens is 224 g/mol. The van der Waals surface area contributed by atoms with E-state index < -0.39 is 6.04 Å². The quantitative estimate of drug-likeness (QED) is 0.842.